The van der Waals surface area contributed by atoms with E-state index in [4.69, 9.17) is 19.3 Å². The van der Waals surface area contributed by atoms with Gasteiger partial charge in [0, 0.05) is 12.8 Å². The molecule has 1 unspecified atom stereocenters. The Balaban J connectivity index is 4.25. The summed E-state index contributed by atoms with van der Waals surface area (Å²) in [6.07, 6.45) is 47.4. The highest BCUT2D eigenvalue weighted by atomic mass is 31.2. The average molecular weight is 761 g/mol. The fraction of sp³-hybridized carbons (Fsp3) is 0.581. The van der Waals surface area contributed by atoms with E-state index in [1.807, 2.05) is 12.2 Å². The van der Waals surface area contributed by atoms with Gasteiger partial charge in [-0.05, 0) is 77.0 Å². The lowest BCUT2D eigenvalue weighted by atomic mass is 10.1. The number of phosphoric ester groups is 1. The summed E-state index contributed by atoms with van der Waals surface area (Å²) < 4.78 is 26.2. The molecule has 10 heteroatoms. The zero-order valence-corrected chi connectivity index (χ0v) is 33.4. The smallest absolute Gasteiger partial charge is 0.462 e. The Morgan fingerprint density at radius 3 is 1.72 bits per heavy atom. The Labute approximate surface area is 320 Å². The molecule has 0 rings (SSSR count). The number of carbonyl (C=O) groups is 2. The molecule has 0 saturated carbocycles. The molecule has 53 heavy (non-hydrogen) atoms. The summed E-state index contributed by atoms with van der Waals surface area (Å²) in [5.74, 6) is -1.19. The van der Waals surface area contributed by atoms with E-state index in [1.165, 1.54) is 19.3 Å². The van der Waals surface area contributed by atoms with Crippen LogP contribution in [-0.4, -0.2) is 52.3 Å². The van der Waals surface area contributed by atoms with Gasteiger partial charge in [0.05, 0.1) is 12.7 Å². The summed E-state index contributed by atoms with van der Waals surface area (Å²) in [4.78, 5) is 42.8. The second-order valence-corrected chi connectivity index (χ2v) is 14.0. The van der Waals surface area contributed by atoms with E-state index in [-0.39, 0.29) is 19.3 Å². The molecule has 0 aromatic carbocycles. The molecule has 0 amide bonds. The van der Waals surface area contributed by atoms with Crippen LogP contribution in [0.4, 0.5) is 0 Å². The Kier molecular flexibility index (Phi) is 35.1. The number of hydrogen-bond donors (Lipinski definition) is 3. The molecule has 0 radical (unpaired) electrons. The number of aliphatic hydroxyl groups excluding tert-OH is 1. The van der Waals surface area contributed by atoms with Gasteiger partial charge in [-0.15, -0.1) is 0 Å². The van der Waals surface area contributed by atoms with E-state index < -0.39 is 45.2 Å². The van der Waals surface area contributed by atoms with E-state index >= 15 is 0 Å². The van der Waals surface area contributed by atoms with Crippen LogP contribution in [0, 0.1) is 0 Å². The summed E-state index contributed by atoms with van der Waals surface area (Å²) in [7, 11) is -4.82. The van der Waals surface area contributed by atoms with Crippen LogP contribution in [0.2, 0.25) is 0 Å². The lowest BCUT2D eigenvalue weighted by Gasteiger charge is -2.18. The molecule has 0 heterocycles. The summed E-state index contributed by atoms with van der Waals surface area (Å²) in [5.41, 5.74) is 0. The normalized spacial score (nSPS) is 14.1. The van der Waals surface area contributed by atoms with Gasteiger partial charge in [0.15, 0.2) is 6.10 Å². The standard InChI is InChI=1S/C43H69O9P/c1-3-5-7-9-11-13-15-17-19-21-22-24-26-28-30-32-34-40(44)36-37-42(45)50-38-41(39-51-53(47,48)49)52-43(46)35-33-31-29-27-25-23-20-18-16-14-12-10-8-6-4-2/h5,7,11-14,17-20,22,24,28,30,32,34,40-41,44H,3-4,6,8-10,15-16,21,23,25-27,29,31,33,35-39H2,1-2H3,(H2,47,48,49)/b7-5-,13-11-,14-12-,19-17-,20-18-,24-22-,30-28-,34-32-/t40?,41-/m1/s1. The maximum Gasteiger partial charge on any atom is 0.469 e. The van der Waals surface area contributed by atoms with Crippen LogP contribution < -0.4 is 0 Å². The van der Waals surface area contributed by atoms with Gasteiger partial charge in [-0.25, -0.2) is 4.57 Å². The first-order chi connectivity index (χ1) is 25.7. The Bertz CT molecular complexity index is 1190. The molecule has 0 saturated heterocycles. The molecule has 0 aromatic heterocycles. The van der Waals surface area contributed by atoms with Crippen LogP contribution in [0.15, 0.2) is 97.2 Å². The van der Waals surface area contributed by atoms with Gasteiger partial charge in [-0.3, -0.25) is 14.1 Å². The number of esters is 2. The number of allylic oxidation sites excluding steroid dienone is 15. The van der Waals surface area contributed by atoms with Crippen LogP contribution in [-0.2, 0) is 28.2 Å². The fourth-order valence-electron chi connectivity index (χ4n) is 4.75. The van der Waals surface area contributed by atoms with Gasteiger partial charge < -0.3 is 24.4 Å². The monoisotopic (exact) mass is 760 g/mol. The quantitative estimate of drug-likeness (QED) is 0.0192. The van der Waals surface area contributed by atoms with Crippen molar-refractivity contribution >= 4 is 19.8 Å². The van der Waals surface area contributed by atoms with Crippen molar-refractivity contribution in [3.8, 4) is 0 Å². The van der Waals surface area contributed by atoms with Crippen molar-refractivity contribution in [1.82, 2.24) is 0 Å². The zero-order valence-electron chi connectivity index (χ0n) is 32.5. The molecule has 300 valence electrons. The van der Waals surface area contributed by atoms with Crippen LogP contribution in [0.25, 0.3) is 0 Å². The molecule has 0 aliphatic rings. The van der Waals surface area contributed by atoms with Gasteiger partial charge >= 0.3 is 19.8 Å². The lowest BCUT2D eigenvalue weighted by molar-refractivity contribution is -0.161. The maximum absolute atomic E-state index is 12.4. The Hall–Kier alpha value is -3.07. The first-order valence-electron chi connectivity index (χ1n) is 19.6. The minimum absolute atomic E-state index is 0.0941. The molecule has 3 N–H and O–H groups in total. The Morgan fingerprint density at radius 2 is 1.13 bits per heavy atom. The molecule has 2 atom stereocenters. The topological polar surface area (TPSA) is 140 Å². The molecule has 9 nitrogen and oxygen atoms in total. The summed E-state index contributed by atoms with van der Waals surface area (Å²) >= 11 is 0. The fourth-order valence-corrected chi connectivity index (χ4v) is 5.11. The van der Waals surface area contributed by atoms with Crippen molar-refractivity contribution in [2.24, 2.45) is 0 Å². The van der Waals surface area contributed by atoms with E-state index in [0.29, 0.717) is 6.42 Å². The highest BCUT2D eigenvalue weighted by Crippen LogP contribution is 2.36. The van der Waals surface area contributed by atoms with Crippen molar-refractivity contribution in [3.05, 3.63) is 97.2 Å². The lowest BCUT2D eigenvalue weighted by Crippen LogP contribution is -2.29. The van der Waals surface area contributed by atoms with E-state index in [1.54, 1.807) is 12.2 Å². The third kappa shape index (κ3) is 40.0. The molecule has 0 aliphatic heterocycles. The van der Waals surface area contributed by atoms with Gasteiger partial charge in [-0.2, -0.15) is 0 Å². The molecule has 0 spiro atoms. The second-order valence-electron chi connectivity index (χ2n) is 12.7. The molecular weight excluding hydrogens is 691 g/mol. The number of unbranched alkanes of at least 4 members (excludes halogenated alkanes) is 8. The maximum atomic E-state index is 12.4. The SMILES string of the molecule is CC/C=C\C/C=C\C/C=C\C/C=C\C/C=C\C=C/C(O)CCC(=O)OC[C@H](COP(=O)(O)O)OC(=O)CCCCCCC/C=C\C/C=C\CCCCC. The van der Waals surface area contributed by atoms with Crippen molar-refractivity contribution in [3.63, 3.8) is 0 Å². The minimum atomic E-state index is -4.82. The highest BCUT2D eigenvalue weighted by Gasteiger charge is 2.23. The van der Waals surface area contributed by atoms with Crippen LogP contribution in [0.1, 0.15) is 136 Å². The number of phosphoric acid groups is 1. The largest absolute Gasteiger partial charge is 0.469 e. The van der Waals surface area contributed by atoms with Crippen LogP contribution in [0.5, 0.6) is 0 Å². The number of ether oxygens (including phenoxy) is 2. The summed E-state index contributed by atoms with van der Waals surface area (Å²) in [5, 5.41) is 10.2. The molecule has 0 aliphatic carbocycles. The van der Waals surface area contributed by atoms with E-state index in [2.05, 4.69) is 91.3 Å². The minimum Gasteiger partial charge on any atom is -0.462 e. The molecular formula is C43H69O9P. The van der Waals surface area contributed by atoms with Gasteiger partial charge in [0.1, 0.15) is 6.61 Å². The van der Waals surface area contributed by atoms with Crippen molar-refractivity contribution in [2.45, 2.75) is 148 Å². The van der Waals surface area contributed by atoms with Crippen molar-refractivity contribution in [2.75, 3.05) is 13.2 Å². The molecule has 0 aromatic rings. The second kappa shape index (κ2) is 37.3. The molecule has 0 bridgehead atoms. The number of carbonyl (C=O) groups excluding carboxylic acids is 2. The van der Waals surface area contributed by atoms with Gasteiger partial charge in [0.2, 0.25) is 0 Å². The highest BCUT2D eigenvalue weighted by molar-refractivity contribution is 7.46. The predicted octanol–water partition coefficient (Wildman–Crippen LogP) is 10.8. The predicted molar refractivity (Wildman–Crippen MR) is 217 cm³/mol. The summed E-state index contributed by atoms with van der Waals surface area (Å²) in [6, 6.07) is 0. The number of rotatable bonds is 34. The average Bonchev–Trinajstić information content (AvgIpc) is 3.12. The van der Waals surface area contributed by atoms with E-state index in [0.717, 1.165) is 77.0 Å². The Morgan fingerprint density at radius 1 is 0.604 bits per heavy atom. The third-order valence-electron chi connectivity index (χ3n) is 7.70. The first-order valence-corrected chi connectivity index (χ1v) is 21.2. The summed E-state index contributed by atoms with van der Waals surface area (Å²) in [6.45, 7) is 3.30. The van der Waals surface area contributed by atoms with Crippen molar-refractivity contribution < 1.29 is 43.0 Å². The first kappa shape index (κ1) is 49.9. The number of hydrogen-bond acceptors (Lipinski definition) is 7. The molecule has 0 fully saturated rings. The van der Waals surface area contributed by atoms with Crippen molar-refractivity contribution in [1.29, 1.82) is 0 Å². The van der Waals surface area contributed by atoms with Gasteiger partial charge in [0.25, 0.3) is 0 Å². The van der Waals surface area contributed by atoms with E-state index in [9.17, 15) is 19.3 Å². The van der Waals surface area contributed by atoms with Gasteiger partial charge in [-0.1, -0.05) is 143 Å². The van der Waals surface area contributed by atoms with Crippen LogP contribution >= 0.6 is 7.82 Å². The zero-order chi connectivity index (χ0) is 39.1. The third-order valence-corrected chi connectivity index (χ3v) is 8.19. The number of aliphatic hydroxyl groups is 1. The van der Waals surface area contributed by atoms with Crippen LogP contribution in [0.3, 0.4) is 0 Å².